The maximum absolute atomic E-state index is 5.96. The standard InChI is InChI=1S/C13H21ClN2/c1-4-6-16(7-5-2)13-8-11(3)15-10-12(13)9-14/h8,10H,4-7,9H2,1-3H3. The van der Waals surface area contributed by atoms with Gasteiger partial charge in [0.05, 0.1) is 5.88 Å². The van der Waals surface area contributed by atoms with E-state index in [1.54, 1.807) is 0 Å². The van der Waals surface area contributed by atoms with Gasteiger partial charge in [0.25, 0.3) is 0 Å². The van der Waals surface area contributed by atoms with E-state index in [0.29, 0.717) is 5.88 Å². The van der Waals surface area contributed by atoms with Gasteiger partial charge in [-0.15, -0.1) is 11.6 Å². The average molecular weight is 241 g/mol. The second-order valence-electron chi connectivity index (χ2n) is 4.08. The number of aryl methyl sites for hydroxylation is 1. The summed E-state index contributed by atoms with van der Waals surface area (Å²) in [5, 5.41) is 0. The van der Waals surface area contributed by atoms with Crippen LogP contribution in [0.4, 0.5) is 5.69 Å². The van der Waals surface area contributed by atoms with E-state index >= 15 is 0 Å². The van der Waals surface area contributed by atoms with Gasteiger partial charge in [0.2, 0.25) is 0 Å². The molecule has 0 radical (unpaired) electrons. The lowest BCUT2D eigenvalue weighted by Gasteiger charge is -2.26. The van der Waals surface area contributed by atoms with Crippen molar-refractivity contribution in [2.75, 3.05) is 18.0 Å². The summed E-state index contributed by atoms with van der Waals surface area (Å²) in [5.41, 5.74) is 3.45. The van der Waals surface area contributed by atoms with E-state index in [-0.39, 0.29) is 0 Å². The molecule has 0 atom stereocenters. The number of aromatic nitrogens is 1. The fourth-order valence-electron chi connectivity index (χ4n) is 1.86. The lowest BCUT2D eigenvalue weighted by Crippen LogP contribution is -2.26. The molecule has 0 saturated carbocycles. The summed E-state index contributed by atoms with van der Waals surface area (Å²) in [6.07, 6.45) is 4.21. The Labute approximate surface area is 104 Å². The summed E-state index contributed by atoms with van der Waals surface area (Å²) < 4.78 is 0. The van der Waals surface area contributed by atoms with Crippen LogP contribution in [-0.2, 0) is 5.88 Å². The van der Waals surface area contributed by atoms with E-state index in [1.165, 1.54) is 5.69 Å². The van der Waals surface area contributed by atoms with Gasteiger partial charge in [-0.05, 0) is 25.8 Å². The number of pyridine rings is 1. The van der Waals surface area contributed by atoms with Gasteiger partial charge in [0, 0.05) is 36.2 Å². The van der Waals surface area contributed by atoms with Crippen molar-refractivity contribution in [1.29, 1.82) is 0 Å². The van der Waals surface area contributed by atoms with Crippen LogP contribution in [0, 0.1) is 6.92 Å². The van der Waals surface area contributed by atoms with Gasteiger partial charge in [-0.1, -0.05) is 13.8 Å². The Balaban J connectivity index is 3.00. The normalized spacial score (nSPS) is 10.5. The Morgan fingerprint density at radius 1 is 1.25 bits per heavy atom. The van der Waals surface area contributed by atoms with Crippen molar-refractivity contribution >= 4 is 17.3 Å². The summed E-state index contributed by atoms with van der Waals surface area (Å²) in [7, 11) is 0. The first-order valence-electron chi connectivity index (χ1n) is 5.99. The Morgan fingerprint density at radius 3 is 2.38 bits per heavy atom. The number of hydrogen-bond acceptors (Lipinski definition) is 2. The Morgan fingerprint density at radius 2 is 1.88 bits per heavy atom. The van der Waals surface area contributed by atoms with Crippen LogP contribution in [0.2, 0.25) is 0 Å². The number of halogens is 1. The molecule has 0 amide bonds. The summed E-state index contributed by atoms with van der Waals surface area (Å²) in [6.45, 7) is 8.61. The fraction of sp³-hybridized carbons (Fsp3) is 0.615. The average Bonchev–Trinajstić information content (AvgIpc) is 2.29. The first-order chi connectivity index (χ1) is 7.72. The van der Waals surface area contributed by atoms with E-state index in [4.69, 9.17) is 11.6 Å². The maximum atomic E-state index is 5.96. The number of nitrogens with zero attached hydrogens (tertiary/aromatic N) is 2. The van der Waals surface area contributed by atoms with Crippen molar-refractivity contribution in [3.8, 4) is 0 Å². The van der Waals surface area contributed by atoms with E-state index in [0.717, 1.165) is 37.2 Å². The third-order valence-corrected chi connectivity index (χ3v) is 2.86. The number of alkyl halides is 1. The van der Waals surface area contributed by atoms with Gasteiger partial charge in [-0.3, -0.25) is 4.98 Å². The molecule has 0 unspecified atom stereocenters. The van der Waals surface area contributed by atoms with Gasteiger partial charge in [0.15, 0.2) is 0 Å². The van der Waals surface area contributed by atoms with Gasteiger partial charge in [0.1, 0.15) is 0 Å². The molecule has 1 heterocycles. The largest absolute Gasteiger partial charge is 0.371 e. The van der Waals surface area contributed by atoms with Crippen molar-refractivity contribution < 1.29 is 0 Å². The highest BCUT2D eigenvalue weighted by Crippen LogP contribution is 2.23. The fourth-order valence-corrected chi connectivity index (χ4v) is 2.07. The zero-order valence-corrected chi connectivity index (χ0v) is 11.2. The number of rotatable bonds is 6. The molecule has 0 bridgehead atoms. The molecule has 1 rings (SSSR count). The highest BCUT2D eigenvalue weighted by Gasteiger charge is 2.10. The van der Waals surface area contributed by atoms with E-state index < -0.39 is 0 Å². The first-order valence-corrected chi connectivity index (χ1v) is 6.52. The lowest BCUT2D eigenvalue weighted by molar-refractivity contribution is 0.741. The summed E-state index contributed by atoms with van der Waals surface area (Å²) in [4.78, 5) is 6.71. The van der Waals surface area contributed by atoms with Gasteiger partial charge in [-0.2, -0.15) is 0 Å². The lowest BCUT2D eigenvalue weighted by atomic mass is 10.2. The smallest absolute Gasteiger partial charge is 0.0509 e. The molecule has 1 aromatic heterocycles. The molecule has 0 saturated heterocycles. The van der Waals surface area contributed by atoms with Crippen LogP contribution >= 0.6 is 11.6 Å². The zero-order valence-electron chi connectivity index (χ0n) is 10.5. The maximum Gasteiger partial charge on any atom is 0.0509 e. The molecule has 3 heteroatoms. The van der Waals surface area contributed by atoms with Crippen LogP contribution in [-0.4, -0.2) is 18.1 Å². The van der Waals surface area contributed by atoms with Gasteiger partial charge < -0.3 is 4.90 Å². The van der Waals surface area contributed by atoms with Crippen LogP contribution in [0.1, 0.15) is 37.9 Å². The van der Waals surface area contributed by atoms with Crippen LogP contribution in [0.25, 0.3) is 0 Å². The first kappa shape index (κ1) is 13.3. The summed E-state index contributed by atoms with van der Waals surface area (Å²) in [6, 6.07) is 2.14. The predicted octanol–water partition coefficient (Wildman–Crippen LogP) is 3.76. The van der Waals surface area contributed by atoms with E-state index in [9.17, 15) is 0 Å². The molecule has 16 heavy (non-hydrogen) atoms. The highest BCUT2D eigenvalue weighted by molar-refractivity contribution is 6.17. The molecule has 0 aliphatic carbocycles. The second-order valence-corrected chi connectivity index (χ2v) is 4.34. The quantitative estimate of drug-likeness (QED) is 0.704. The second kappa shape index (κ2) is 6.74. The SMILES string of the molecule is CCCN(CCC)c1cc(C)ncc1CCl. The number of hydrogen-bond donors (Lipinski definition) is 0. The molecule has 0 fully saturated rings. The molecule has 0 spiro atoms. The minimum absolute atomic E-state index is 0.534. The van der Waals surface area contributed by atoms with Crippen molar-refractivity contribution in [3.63, 3.8) is 0 Å². The molecular formula is C13H21ClN2. The Kier molecular flexibility index (Phi) is 5.61. The van der Waals surface area contributed by atoms with Crippen molar-refractivity contribution in [2.24, 2.45) is 0 Å². The van der Waals surface area contributed by atoms with Crippen LogP contribution in [0.15, 0.2) is 12.3 Å². The minimum Gasteiger partial charge on any atom is -0.371 e. The molecule has 0 N–H and O–H groups in total. The monoisotopic (exact) mass is 240 g/mol. The van der Waals surface area contributed by atoms with Crippen LogP contribution in [0.5, 0.6) is 0 Å². The minimum atomic E-state index is 0.534. The Hall–Kier alpha value is -0.760. The van der Waals surface area contributed by atoms with Gasteiger partial charge >= 0.3 is 0 Å². The molecular weight excluding hydrogens is 220 g/mol. The third kappa shape index (κ3) is 3.38. The zero-order chi connectivity index (χ0) is 12.0. The van der Waals surface area contributed by atoms with E-state index in [1.807, 2.05) is 13.1 Å². The highest BCUT2D eigenvalue weighted by atomic mass is 35.5. The van der Waals surface area contributed by atoms with E-state index in [2.05, 4.69) is 29.8 Å². The summed E-state index contributed by atoms with van der Waals surface area (Å²) in [5.74, 6) is 0.534. The third-order valence-electron chi connectivity index (χ3n) is 2.57. The summed E-state index contributed by atoms with van der Waals surface area (Å²) >= 11 is 5.96. The molecule has 0 aliphatic rings. The molecule has 0 aliphatic heterocycles. The van der Waals surface area contributed by atoms with Crippen LogP contribution in [0.3, 0.4) is 0 Å². The van der Waals surface area contributed by atoms with Crippen molar-refractivity contribution in [3.05, 3.63) is 23.5 Å². The van der Waals surface area contributed by atoms with Crippen molar-refractivity contribution in [1.82, 2.24) is 4.98 Å². The number of anilines is 1. The molecule has 2 nitrogen and oxygen atoms in total. The molecule has 0 aromatic carbocycles. The van der Waals surface area contributed by atoms with Gasteiger partial charge in [-0.25, -0.2) is 0 Å². The Bertz CT molecular complexity index is 320. The molecule has 1 aromatic rings. The topological polar surface area (TPSA) is 16.1 Å². The predicted molar refractivity (Wildman–Crippen MR) is 71.3 cm³/mol. The van der Waals surface area contributed by atoms with Crippen LogP contribution < -0.4 is 4.90 Å². The molecule has 90 valence electrons. The van der Waals surface area contributed by atoms with Crippen molar-refractivity contribution in [2.45, 2.75) is 39.5 Å².